The Balaban J connectivity index is 2.23. The van der Waals surface area contributed by atoms with Gasteiger partial charge in [-0.1, -0.05) is 0 Å². The smallest absolute Gasteiger partial charge is 0.270 e. The number of non-ortho nitro benzene ring substituents is 1. The molecule has 1 aliphatic rings. The normalized spacial score (nSPS) is 15.6. The van der Waals surface area contributed by atoms with E-state index in [0.29, 0.717) is 0 Å². The van der Waals surface area contributed by atoms with Crippen molar-refractivity contribution in [2.75, 3.05) is 20.2 Å². The van der Waals surface area contributed by atoms with Crippen LogP contribution in [0.25, 0.3) is 0 Å². The van der Waals surface area contributed by atoms with E-state index >= 15 is 0 Å². The van der Waals surface area contributed by atoms with E-state index in [1.54, 1.807) is 19.2 Å². The number of likely N-dealkylation sites (tertiary alicyclic amines) is 1. The Labute approximate surface area is 93.8 Å². The molecule has 0 unspecified atom stereocenters. The van der Waals surface area contributed by atoms with E-state index < -0.39 is 0 Å². The fourth-order valence-corrected chi connectivity index (χ4v) is 1.78. The average molecular weight is 222 g/mol. The van der Waals surface area contributed by atoms with E-state index in [1.165, 1.54) is 12.5 Å². The van der Waals surface area contributed by atoms with Crippen LogP contribution in [0.4, 0.5) is 5.69 Å². The van der Waals surface area contributed by atoms with Crippen LogP contribution >= 0.6 is 0 Å². The first-order valence-electron chi connectivity index (χ1n) is 5.24. The van der Waals surface area contributed by atoms with Crippen LogP contribution in [0, 0.1) is 10.1 Å². The summed E-state index contributed by atoms with van der Waals surface area (Å²) in [6.07, 6.45) is 1.21. The molecule has 0 amide bonds. The molecule has 1 fully saturated rings. The van der Waals surface area contributed by atoms with Crippen molar-refractivity contribution in [3.05, 3.63) is 33.9 Å². The molecule has 1 aromatic rings. The average Bonchev–Trinajstić information content (AvgIpc) is 2.23. The third kappa shape index (κ3) is 2.14. The molecule has 1 aliphatic heterocycles. The van der Waals surface area contributed by atoms with Gasteiger partial charge in [0.05, 0.1) is 12.0 Å². The van der Waals surface area contributed by atoms with Crippen LogP contribution in [-0.4, -0.2) is 30.0 Å². The molecular formula is C11H14N2O3. The Morgan fingerprint density at radius 2 is 2.25 bits per heavy atom. The minimum absolute atomic E-state index is 0.122. The van der Waals surface area contributed by atoms with Gasteiger partial charge in [-0.2, -0.15) is 0 Å². The van der Waals surface area contributed by atoms with Gasteiger partial charge in [-0.3, -0.25) is 15.0 Å². The lowest BCUT2D eigenvalue weighted by Crippen LogP contribution is -2.36. The molecular weight excluding hydrogens is 208 g/mol. The van der Waals surface area contributed by atoms with E-state index in [2.05, 4.69) is 4.90 Å². The largest absolute Gasteiger partial charge is 0.496 e. The number of ether oxygens (including phenoxy) is 1. The third-order valence-corrected chi connectivity index (χ3v) is 2.82. The molecule has 0 spiro atoms. The lowest BCUT2D eigenvalue weighted by Gasteiger charge is -2.30. The summed E-state index contributed by atoms with van der Waals surface area (Å²) in [5.74, 6) is 0.720. The molecule has 0 bridgehead atoms. The maximum Gasteiger partial charge on any atom is 0.270 e. The van der Waals surface area contributed by atoms with Crippen molar-refractivity contribution >= 4 is 5.69 Å². The third-order valence-electron chi connectivity index (χ3n) is 2.82. The van der Waals surface area contributed by atoms with Gasteiger partial charge in [0.15, 0.2) is 0 Å². The summed E-state index contributed by atoms with van der Waals surface area (Å²) in [5, 5.41) is 10.7. The summed E-state index contributed by atoms with van der Waals surface area (Å²) < 4.78 is 5.20. The lowest BCUT2D eigenvalue weighted by atomic mass is 10.1. The topological polar surface area (TPSA) is 55.6 Å². The van der Waals surface area contributed by atoms with Crippen LogP contribution in [0.15, 0.2) is 18.2 Å². The zero-order valence-corrected chi connectivity index (χ0v) is 9.18. The maximum absolute atomic E-state index is 10.7. The zero-order chi connectivity index (χ0) is 11.5. The van der Waals surface area contributed by atoms with Gasteiger partial charge < -0.3 is 4.74 Å². The van der Waals surface area contributed by atoms with Gasteiger partial charge in [-0.15, -0.1) is 0 Å². The van der Waals surface area contributed by atoms with E-state index in [0.717, 1.165) is 30.9 Å². The van der Waals surface area contributed by atoms with E-state index in [-0.39, 0.29) is 10.6 Å². The van der Waals surface area contributed by atoms with Gasteiger partial charge in [-0.05, 0) is 25.6 Å². The molecule has 2 rings (SSSR count). The predicted molar refractivity (Wildman–Crippen MR) is 59.5 cm³/mol. The molecule has 16 heavy (non-hydrogen) atoms. The first-order chi connectivity index (χ1) is 7.70. The van der Waals surface area contributed by atoms with Crippen molar-refractivity contribution in [1.82, 2.24) is 4.90 Å². The van der Waals surface area contributed by atoms with Gasteiger partial charge in [-0.25, -0.2) is 0 Å². The number of nitro groups is 1. The Bertz CT molecular complexity index is 402. The standard InChI is InChI=1S/C11H14N2O3/c1-16-11-4-3-10(13(14)15)7-9(11)8-12-5-2-6-12/h3-4,7H,2,5-6,8H2,1H3. The zero-order valence-electron chi connectivity index (χ0n) is 9.18. The lowest BCUT2D eigenvalue weighted by molar-refractivity contribution is -0.385. The van der Waals surface area contributed by atoms with Crippen LogP contribution in [-0.2, 0) is 6.54 Å². The van der Waals surface area contributed by atoms with Gasteiger partial charge in [0.2, 0.25) is 0 Å². The monoisotopic (exact) mass is 222 g/mol. The molecule has 5 nitrogen and oxygen atoms in total. The Kier molecular flexibility index (Phi) is 3.05. The van der Waals surface area contributed by atoms with Crippen molar-refractivity contribution < 1.29 is 9.66 Å². The minimum atomic E-state index is -0.376. The Morgan fingerprint density at radius 3 is 2.75 bits per heavy atom. The summed E-state index contributed by atoms with van der Waals surface area (Å²) in [5.41, 5.74) is 1.01. The highest BCUT2D eigenvalue weighted by atomic mass is 16.6. The SMILES string of the molecule is COc1ccc([N+](=O)[O-])cc1CN1CCC1. The summed E-state index contributed by atoms with van der Waals surface area (Å²) in [6.45, 7) is 2.85. The van der Waals surface area contributed by atoms with Crippen molar-refractivity contribution in [3.8, 4) is 5.75 Å². The fourth-order valence-electron chi connectivity index (χ4n) is 1.78. The number of hydrogen-bond donors (Lipinski definition) is 0. The first kappa shape index (κ1) is 10.9. The highest BCUT2D eigenvalue weighted by Crippen LogP contribution is 2.26. The highest BCUT2D eigenvalue weighted by molar-refractivity contribution is 5.43. The number of hydrogen-bond acceptors (Lipinski definition) is 4. The van der Waals surface area contributed by atoms with Crippen molar-refractivity contribution in [2.45, 2.75) is 13.0 Å². The minimum Gasteiger partial charge on any atom is -0.496 e. The second kappa shape index (κ2) is 4.49. The molecule has 5 heteroatoms. The number of methoxy groups -OCH3 is 1. The number of nitrogens with zero attached hydrogens (tertiary/aromatic N) is 2. The van der Waals surface area contributed by atoms with Crippen LogP contribution in [0.5, 0.6) is 5.75 Å². The van der Waals surface area contributed by atoms with Crippen molar-refractivity contribution in [2.24, 2.45) is 0 Å². The number of rotatable bonds is 4. The predicted octanol–water partition coefficient (Wildman–Crippen LogP) is 1.81. The quantitative estimate of drug-likeness (QED) is 0.576. The Hall–Kier alpha value is -1.62. The van der Waals surface area contributed by atoms with Crippen LogP contribution in [0.3, 0.4) is 0 Å². The van der Waals surface area contributed by atoms with E-state index in [4.69, 9.17) is 4.74 Å². The fraction of sp³-hybridized carbons (Fsp3) is 0.455. The van der Waals surface area contributed by atoms with Crippen LogP contribution < -0.4 is 4.74 Å². The molecule has 0 aromatic heterocycles. The molecule has 1 aromatic carbocycles. The van der Waals surface area contributed by atoms with E-state index in [1.807, 2.05) is 0 Å². The summed E-state index contributed by atoms with van der Waals surface area (Å²) in [6, 6.07) is 4.73. The summed E-state index contributed by atoms with van der Waals surface area (Å²) in [4.78, 5) is 12.5. The van der Waals surface area contributed by atoms with Crippen molar-refractivity contribution in [3.63, 3.8) is 0 Å². The molecule has 1 saturated heterocycles. The molecule has 86 valence electrons. The first-order valence-corrected chi connectivity index (χ1v) is 5.24. The Morgan fingerprint density at radius 1 is 1.50 bits per heavy atom. The van der Waals surface area contributed by atoms with Crippen LogP contribution in [0.2, 0.25) is 0 Å². The van der Waals surface area contributed by atoms with Gasteiger partial charge in [0, 0.05) is 24.2 Å². The number of nitro benzene ring substituents is 1. The van der Waals surface area contributed by atoms with Gasteiger partial charge in [0.25, 0.3) is 5.69 Å². The highest BCUT2D eigenvalue weighted by Gasteiger charge is 2.18. The second-order valence-corrected chi connectivity index (χ2v) is 3.88. The molecule has 0 radical (unpaired) electrons. The summed E-state index contributed by atoms with van der Waals surface area (Å²) in [7, 11) is 1.58. The summed E-state index contributed by atoms with van der Waals surface area (Å²) >= 11 is 0. The van der Waals surface area contributed by atoms with Gasteiger partial charge >= 0.3 is 0 Å². The maximum atomic E-state index is 10.7. The second-order valence-electron chi connectivity index (χ2n) is 3.88. The van der Waals surface area contributed by atoms with Crippen LogP contribution in [0.1, 0.15) is 12.0 Å². The molecule has 1 heterocycles. The van der Waals surface area contributed by atoms with E-state index in [9.17, 15) is 10.1 Å². The van der Waals surface area contributed by atoms with Crippen molar-refractivity contribution in [1.29, 1.82) is 0 Å². The molecule has 0 atom stereocenters. The van der Waals surface area contributed by atoms with Gasteiger partial charge in [0.1, 0.15) is 5.75 Å². The molecule has 0 saturated carbocycles. The molecule has 0 N–H and O–H groups in total. The number of benzene rings is 1. The molecule has 0 aliphatic carbocycles.